The van der Waals surface area contributed by atoms with Crippen molar-refractivity contribution >= 4 is 17.7 Å². The van der Waals surface area contributed by atoms with Gasteiger partial charge in [-0.1, -0.05) is 58.3 Å². The topological polar surface area (TPSA) is 58.6 Å². The fraction of sp³-hybridized carbons (Fsp3) is 0.950. The molecule has 4 nitrogen and oxygen atoms in total. The van der Waals surface area contributed by atoms with Gasteiger partial charge in [-0.05, 0) is 25.0 Å². The number of ether oxygens (including phenoxy) is 1. The van der Waals surface area contributed by atoms with Crippen molar-refractivity contribution in [1.29, 1.82) is 0 Å². The highest BCUT2D eigenvalue weighted by Gasteiger charge is 2.04. The normalized spacial score (nSPS) is 12.3. The molecule has 25 heavy (non-hydrogen) atoms. The molecule has 0 saturated heterocycles. The van der Waals surface area contributed by atoms with Crippen LogP contribution in [-0.4, -0.2) is 48.9 Å². The molecule has 0 aliphatic rings. The lowest BCUT2D eigenvalue weighted by atomic mass is 10.1. The molecule has 0 aromatic heterocycles. The number of carbonyl (C=O) groups excluding carboxylic acids is 1. The second kappa shape index (κ2) is 20.1. The minimum Gasteiger partial charge on any atom is -0.394 e. The van der Waals surface area contributed by atoms with E-state index in [-0.39, 0.29) is 18.6 Å². The monoisotopic (exact) mass is 375 g/mol. The van der Waals surface area contributed by atoms with E-state index in [1.165, 1.54) is 57.1 Å². The zero-order chi connectivity index (χ0) is 18.6. The minimum absolute atomic E-state index is 0.00702. The summed E-state index contributed by atoms with van der Waals surface area (Å²) in [5.41, 5.74) is 0. The molecule has 0 aliphatic carbocycles. The molecule has 1 unspecified atom stereocenters. The van der Waals surface area contributed by atoms with Crippen LogP contribution < -0.4 is 5.32 Å². The zero-order valence-corrected chi connectivity index (χ0v) is 17.4. The Hall–Kier alpha value is -0.260. The van der Waals surface area contributed by atoms with Crippen LogP contribution in [-0.2, 0) is 9.53 Å². The first-order valence-corrected chi connectivity index (χ1v) is 11.4. The molecule has 0 aromatic rings. The summed E-state index contributed by atoms with van der Waals surface area (Å²) in [6.45, 7) is 3.09. The van der Waals surface area contributed by atoms with Gasteiger partial charge in [0.15, 0.2) is 0 Å². The van der Waals surface area contributed by atoms with E-state index in [1.54, 1.807) is 7.11 Å². The van der Waals surface area contributed by atoms with Crippen LogP contribution in [0.15, 0.2) is 0 Å². The Kier molecular flexibility index (Phi) is 19.8. The van der Waals surface area contributed by atoms with Gasteiger partial charge in [-0.2, -0.15) is 11.8 Å². The van der Waals surface area contributed by atoms with E-state index in [1.807, 2.05) is 11.8 Å². The van der Waals surface area contributed by atoms with Crippen molar-refractivity contribution in [2.45, 2.75) is 90.1 Å². The fourth-order valence-corrected chi connectivity index (χ4v) is 3.71. The summed E-state index contributed by atoms with van der Waals surface area (Å²) in [7, 11) is 1.66. The Labute approximate surface area is 159 Å². The third-order valence-corrected chi connectivity index (χ3v) is 5.57. The van der Waals surface area contributed by atoms with Crippen LogP contribution in [0.2, 0.25) is 0 Å². The summed E-state index contributed by atoms with van der Waals surface area (Å²) < 4.78 is 5.14. The van der Waals surface area contributed by atoms with Gasteiger partial charge in [-0.25, -0.2) is 0 Å². The highest BCUT2D eigenvalue weighted by Crippen LogP contribution is 2.13. The second-order valence-corrected chi connectivity index (χ2v) is 7.90. The quantitative estimate of drug-likeness (QED) is 0.325. The Morgan fingerprint density at radius 2 is 1.60 bits per heavy atom. The van der Waals surface area contributed by atoms with Crippen molar-refractivity contribution in [3.63, 3.8) is 0 Å². The van der Waals surface area contributed by atoms with Crippen LogP contribution in [0.3, 0.4) is 0 Å². The predicted octanol–water partition coefficient (Wildman–Crippen LogP) is 4.54. The van der Waals surface area contributed by atoms with Crippen LogP contribution in [0.1, 0.15) is 84.0 Å². The van der Waals surface area contributed by atoms with Gasteiger partial charge in [0.1, 0.15) is 0 Å². The molecule has 0 aliphatic heterocycles. The van der Waals surface area contributed by atoms with E-state index >= 15 is 0 Å². The highest BCUT2D eigenvalue weighted by molar-refractivity contribution is 7.99. The smallest absolute Gasteiger partial charge is 0.219 e. The molecule has 0 heterocycles. The molecule has 2 N–H and O–H groups in total. The van der Waals surface area contributed by atoms with Gasteiger partial charge >= 0.3 is 0 Å². The van der Waals surface area contributed by atoms with Crippen molar-refractivity contribution in [3.05, 3.63) is 0 Å². The number of methoxy groups -OCH3 is 1. The van der Waals surface area contributed by atoms with Crippen molar-refractivity contribution in [2.24, 2.45) is 0 Å². The first-order valence-electron chi connectivity index (χ1n) is 10.2. The molecular weight excluding hydrogens is 334 g/mol. The van der Waals surface area contributed by atoms with Crippen molar-refractivity contribution < 1.29 is 14.6 Å². The number of thioether (sulfide) groups is 1. The molecule has 0 spiro atoms. The van der Waals surface area contributed by atoms with E-state index in [2.05, 4.69) is 12.2 Å². The third kappa shape index (κ3) is 18.3. The number of hydrogen-bond donors (Lipinski definition) is 2. The molecule has 0 rings (SSSR count). The SMILES string of the molecule is CCCCNC(=O)CCCCCCCCCCCSCC(CO)OC. The minimum atomic E-state index is -0.00702. The lowest BCUT2D eigenvalue weighted by molar-refractivity contribution is -0.121. The number of hydrogen-bond acceptors (Lipinski definition) is 4. The largest absolute Gasteiger partial charge is 0.394 e. The fourth-order valence-electron chi connectivity index (χ4n) is 2.63. The molecule has 5 heteroatoms. The average molecular weight is 376 g/mol. The molecule has 150 valence electrons. The van der Waals surface area contributed by atoms with Gasteiger partial charge in [0.25, 0.3) is 0 Å². The zero-order valence-electron chi connectivity index (χ0n) is 16.6. The van der Waals surface area contributed by atoms with Gasteiger partial charge in [-0.3, -0.25) is 4.79 Å². The number of aliphatic hydroxyl groups excluding tert-OH is 1. The summed E-state index contributed by atoms with van der Waals surface area (Å²) in [5.74, 6) is 2.28. The lowest BCUT2D eigenvalue weighted by Crippen LogP contribution is -2.23. The summed E-state index contributed by atoms with van der Waals surface area (Å²) in [6, 6.07) is 0. The van der Waals surface area contributed by atoms with E-state index in [0.717, 1.165) is 31.6 Å². The number of nitrogens with one attached hydrogen (secondary N) is 1. The van der Waals surface area contributed by atoms with Crippen LogP contribution in [0.25, 0.3) is 0 Å². The number of carbonyl (C=O) groups is 1. The Morgan fingerprint density at radius 1 is 1.00 bits per heavy atom. The van der Waals surface area contributed by atoms with Crippen LogP contribution in [0.5, 0.6) is 0 Å². The van der Waals surface area contributed by atoms with E-state index in [0.29, 0.717) is 6.42 Å². The van der Waals surface area contributed by atoms with E-state index in [4.69, 9.17) is 9.84 Å². The molecule has 0 fully saturated rings. The third-order valence-electron chi connectivity index (χ3n) is 4.39. The molecule has 0 aromatic carbocycles. The van der Waals surface area contributed by atoms with Crippen LogP contribution >= 0.6 is 11.8 Å². The molecular formula is C20H41NO3S. The molecule has 0 bridgehead atoms. The summed E-state index contributed by atoms with van der Waals surface area (Å²) in [5, 5.41) is 12.0. The van der Waals surface area contributed by atoms with E-state index in [9.17, 15) is 4.79 Å². The summed E-state index contributed by atoms with van der Waals surface area (Å²) >= 11 is 1.88. The predicted molar refractivity (Wildman–Crippen MR) is 109 cm³/mol. The first kappa shape index (κ1) is 24.7. The Morgan fingerprint density at radius 3 is 2.16 bits per heavy atom. The summed E-state index contributed by atoms with van der Waals surface area (Å²) in [4.78, 5) is 11.5. The highest BCUT2D eigenvalue weighted by atomic mass is 32.2. The standard InChI is InChI=1S/C20H41NO3S/c1-3-4-15-21-20(23)14-12-10-8-6-5-7-9-11-13-16-25-18-19(17-22)24-2/h19,22H,3-18H2,1-2H3,(H,21,23). The second-order valence-electron chi connectivity index (χ2n) is 6.75. The van der Waals surface area contributed by atoms with Gasteiger partial charge < -0.3 is 15.2 Å². The molecule has 1 atom stereocenters. The van der Waals surface area contributed by atoms with E-state index < -0.39 is 0 Å². The van der Waals surface area contributed by atoms with Gasteiger partial charge in [-0.15, -0.1) is 0 Å². The number of unbranched alkanes of at least 4 members (excludes halogenated alkanes) is 9. The number of amides is 1. The average Bonchev–Trinajstić information content (AvgIpc) is 2.62. The van der Waals surface area contributed by atoms with Gasteiger partial charge in [0.05, 0.1) is 12.7 Å². The van der Waals surface area contributed by atoms with Crippen LogP contribution in [0, 0.1) is 0 Å². The van der Waals surface area contributed by atoms with Gasteiger partial charge in [0.2, 0.25) is 5.91 Å². The Balaban J connectivity index is 3.15. The number of aliphatic hydroxyl groups is 1. The maximum Gasteiger partial charge on any atom is 0.219 e. The van der Waals surface area contributed by atoms with Crippen molar-refractivity contribution in [2.75, 3.05) is 31.8 Å². The Bertz CT molecular complexity index is 286. The van der Waals surface area contributed by atoms with Crippen LogP contribution in [0.4, 0.5) is 0 Å². The maximum absolute atomic E-state index is 11.5. The molecule has 0 saturated carbocycles. The number of rotatable bonds is 19. The first-order chi connectivity index (χ1) is 12.2. The summed E-state index contributed by atoms with van der Waals surface area (Å²) in [6.07, 6.45) is 14.2. The van der Waals surface area contributed by atoms with Crippen molar-refractivity contribution in [1.82, 2.24) is 5.32 Å². The maximum atomic E-state index is 11.5. The van der Waals surface area contributed by atoms with Crippen molar-refractivity contribution in [3.8, 4) is 0 Å². The lowest BCUT2D eigenvalue weighted by Gasteiger charge is -2.11. The molecule has 1 amide bonds. The molecule has 0 radical (unpaired) electrons. The van der Waals surface area contributed by atoms with Gasteiger partial charge in [0, 0.05) is 25.8 Å².